The monoisotopic (exact) mass is 296 g/mol. The van der Waals surface area contributed by atoms with Crippen LogP contribution >= 0.6 is 0 Å². The lowest BCUT2D eigenvalue weighted by Gasteiger charge is -2.50. The second-order valence-corrected chi connectivity index (χ2v) is 6.27. The Hall–Kier alpha value is -1.91. The van der Waals surface area contributed by atoms with Crippen LogP contribution in [0.15, 0.2) is 48.7 Å². The molecule has 3 fully saturated rings. The average Bonchev–Trinajstić information content (AvgIpc) is 2.57. The van der Waals surface area contributed by atoms with Gasteiger partial charge in [-0.1, -0.05) is 18.2 Å². The van der Waals surface area contributed by atoms with E-state index in [1.165, 1.54) is 0 Å². The van der Waals surface area contributed by atoms with E-state index in [-0.39, 0.29) is 0 Å². The first-order chi connectivity index (χ1) is 10.7. The molecule has 3 aliphatic heterocycles. The van der Waals surface area contributed by atoms with Crippen molar-refractivity contribution in [1.82, 2.24) is 9.88 Å². The van der Waals surface area contributed by atoms with E-state index >= 15 is 0 Å². The third-order valence-electron chi connectivity index (χ3n) is 4.94. The van der Waals surface area contributed by atoms with Gasteiger partial charge in [-0.3, -0.25) is 0 Å². The number of nitrogens with zero attached hydrogens (tertiary/aromatic N) is 2. The molecule has 5 rings (SSSR count). The van der Waals surface area contributed by atoms with Gasteiger partial charge in [-0.25, -0.2) is 4.98 Å². The molecule has 4 heterocycles. The molecule has 22 heavy (non-hydrogen) atoms. The van der Waals surface area contributed by atoms with E-state index in [2.05, 4.69) is 9.88 Å². The van der Waals surface area contributed by atoms with Crippen molar-refractivity contribution in [2.24, 2.45) is 5.92 Å². The molecular formula is C18H20N2O2. The summed E-state index contributed by atoms with van der Waals surface area (Å²) in [5.41, 5.74) is 0.287. The molecule has 0 aliphatic carbocycles. The third kappa shape index (κ3) is 2.38. The van der Waals surface area contributed by atoms with Crippen LogP contribution in [0.25, 0.3) is 0 Å². The number of aromatic nitrogens is 1. The molecule has 1 N–H and O–H groups in total. The minimum Gasteiger partial charge on any atom is -0.439 e. The van der Waals surface area contributed by atoms with Gasteiger partial charge in [0.05, 0.1) is 0 Å². The van der Waals surface area contributed by atoms with Crippen molar-refractivity contribution in [3.05, 3.63) is 54.2 Å². The maximum atomic E-state index is 11.1. The molecular weight excluding hydrogens is 276 g/mol. The lowest BCUT2D eigenvalue weighted by molar-refractivity contribution is -0.117. The fourth-order valence-corrected chi connectivity index (χ4v) is 3.71. The van der Waals surface area contributed by atoms with E-state index in [0.717, 1.165) is 43.8 Å². The Labute approximate surface area is 130 Å². The zero-order valence-corrected chi connectivity index (χ0v) is 12.5. The lowest BCUT2D eigenvalue weighted by Crippen LogP contribution is -2.57. The highest BCUT2D eigenvalue weighted by molar-refractivity contribution is 5.34. The topological polar surface area (TPSA) is 45.6 Å². The van der Waals surface area contributed by atoms with Crippen molar-refractivity contribution >= 4 is 0 Å². The summed E-state index contributed by atoms with van der Waals surface area (Å²) in [7, 11) is 0. The quantitative estimate of drug-likeness (QED) is 0.946. The molecule has 0 saturated carbocycles. The van der Waals surface area contributed by atoms with Crippen LogP contribution in [0, 0.1) is 5.92 Å². The van der Waals surface area contributed by atoms with Crippen molar-refractivity contribution < 1.29 is 9.84 Å². The smallest absolute Gasteiger partial charge is 0.219 e. The van der Waals surface area contributed by atoms with Crippen molar-refractivity contribution in [2.45, 2.75) is 18.4 Å². The van der Waals surface area contributed by atoms with Crippen LogP contribution in [0.1, 0.15) is 18.4 Å². The minimum atomic E-state index is -0.708. The SMILES string of the molecule is OC1(c2ccc(Oc3ccccn3)cc2)CN2CCC1CC2. The predicted octanol–water partition coefficient (Wildman–Crippen LogP) is 2.79. The van der Waals surface area contributed by atoms with Crippen molar-refractivity contribution in [2.75, 3.05) is 19.6 Å². The van der Waals surface area contributed by atoms with Gasteiger partial charge in [-0.2, -0.15) is 0 Å². The Morgan fingerprint density at radius 1 is 1.09 bits per heavy atom. The molecule has 4 heteroatoms. The highest BCUT2D eigenvalue weighted by Gasteiger charge is 2.46. The Kier molecular flexibility index (Phi) is 3.36. The van der Waals surface area contributed by atoms with Gasteiger partial charge in [0.15, 0.2) is 0 Å². The summed E-state index contributed by atoms with van der Waals surface area (Å²) in [6.07, 6.45) is 3.88. The number of fused-ring (bicyclic) bond motifs is 3. The van der Waals surface area contributed by atoms with Gasteiger partial charge < -0.3 is 14.7 Å². The van der Waals surface area contributed by atoms with Crippen LogP contribution < -0.4 is 4.74 Å². The molecule has 3 aliphatic rings. The number of ether oxygens (including phenoxy) is 1. The number of hydrogen-bond donors (Lipinski definition) is 1. The number of piperidine rings is 3. The number of pyridine rings is 1. The average molecular weight is 296 g/mol. The van der Waals surface area contributed by atoms with Crippen molar-refractivity contribution in [3.63, 3.8) is 0 Å². The molecule has 0 radical (unpaired) electrons. The molecule has 4 nitrogen and oxygen atoms in total. The third-order valence-corrected chi connectivity index (χ3v) is 4.94. The van der Waals surface area contributed by atoms with E-state index in [1.54, 1.807) is 6.20 Å². The van der Waals surface area contributed by atoms with Gasteiger partial charge in [0.2, 0.25) is 5.88 Å². The Morgan fingerprint density at radius 3 is 2.45 bits per heavy atom. The van der Waals surface area contributed by atoms with Gasteiger partial charge in [-0.15, -0.1) is 0 Å². The zero-order valence-electron chi connectivity index (χ0n) is 12.5. The minimum absolute atomic E-state index is 0.375. The van der Waals surface area contributed by atoms with E-state index in [1.807, 2.05) is 42.5 Å². The van der Waals surface area contributed by atoms with Crippen LogP contribution in [0.2, 0.25) is 0 Å². The lowest BCUT2D eigenvalue weighted by atomic mass is 9.72. The molecule has 1 atom stereocenters. The maximum Gasteiger partial charge on any atom is 0.219 e. The maximum absolute atomic E-state index is 11.1. The summed E-state index contributed by atoms with van der Waals surface area (Å²) in [6, 6.07) is 13.4. The van der Waals surface area contributed by atoms with Crippen LogP contribution in [0.3, 0.4) is 0 Å². The second-order valence-electron chi connectivity index (χ2n) is 6.27. The number of aliphatic hydroxyl groups is 1. The number of hydrogen-bond acceptors (Lipinski definition) is 4. The largest absolute Gasteiger partial charge is 0.439 e. The molecule has 1 aromatic carbocycles. The summed E-state index contributed by atoms with van der Waals surface area (Å²) in [4.78, 5) is 6.51. The standard InChI is InChI=1S/C18H20N2O2/c21-18(13-20-11-8-15(18)9-12-20)14-4-6-16(7-5-14)22-17-3-1-2-10-19-17/h1-7,10,15,21H,8-9,11-13H2. The molecule has 2 bridgehead atoms. The molecule has 114 valence electrons. The van der Waals surface area contributed by atoms with Gasteiger partial charge in [0, 0.05) is 18.8 Å². The fraction of sp³-hybridized carbons (Fsp3) is 0.389. The van der Waals surface area contributed by atoms with Gasteiger partial charge in [0.25, 0.3) is 0 Å². The second kappa shape index (κ2) is 5.38. The summed E-state index contributed by atoms with van der Waals surface area (Å²) in [5, 5.41) is 11.1. The molecule has 3 saturated heterocycles. The van der Waals surface area contributed by atoms with Crippen LogP contribution in [-0.4, -0.2) is 34.6 Å². The summed E-state index contributed by atoms with van der Waals surface area (Å²) in [5.74, 6) is 1.70. The first kappa shape index (κ1) is 13.7. The Bertz CT molecular complexity index is 636. The number of benzene rings is 1. The van der Waals surface area contributed by atoms with Gasteiger partial charge >= 0.3 is 0 Å². The van der Waals surface area contributed by atoms with Gasteiger partial charge in [0.1, 0.15) is 11.4 Å². The Morgan fingerprint density at radius 2 is 1.86 bits per heavy atom. The summed E-state index contributed by atoms with van der Waals surface area (Å²) < 4.78 is 5.71. The highest BCUT2D eigenvalue weighted by Crippen LogP contribution is 2.42. The Balaban J connectivity index is 1.54. The zero-order chi connectivity index (χ0) is 15.0. The van der Waals surface area contributed by atoms with Crippen molar-refractivity contribution in [3.8, 4) is 11.6 Å². The molecule has 1 aromatic heterocycles. The number of rotatable bonds is 3. The van der Waals surface area contributed by atoms with E-state index < -0.39 is 5.60 Å². The first-order valence-electron chi connectivity index (χ1n) is 7.88. The van der Waals surface area contributed by atoms with Crippen molar-refractivity contribution in [1.29, 1.82) is 0 Å². The van der Waals surface area contributed by atoms with Crippen LogP contribution in [-0.2, 0) is 5.60 Å². The molecule has 2 aromatic rings. The molecule has 0 amide bonds. The summed E-state index contributed by atoms with van der Waals surface area (Å²) >= 11 is 0. The van der Waals surface area contributed by atoms with Crippen LogP contribution in [0.4, 0.5) is 0 Å². The highest BCUT2D eigenvalue weighted by atomic mass is 16.5. The first-order valence-corrected chi connectivity index (χ1v) is 7.88. The van der Waals surface area contributed by atoms with Gasteiger partial charge in [-0.05, 0) is 55.6 Å². The predicted molar refractivity (Wildman–Crippen MR) is 83.8 cm³/mol. The van der Waals surface area contributed by atoms with E-state index in [0.29, 0.717) is 11.8 Å². The van der Waals surface area contributed by atoms with E-state index in [4.69, 9.17) is 4.74 Å². The van der Waals surface area contributed by atoms with E-state index in [9.17, 15) is 5.11 Å². The van der Waals surface area contributed by atoms with Crippen LogP contribution in [0.5, 0.6) is 11.6 Å². The molecule has 1 unspecified atom stereocenters. The summed E-state index contributed by atoms with van der Waals surface area (Å²) in [6.45, 7) is 2.99. The fourth-order valence-electron chi connectivity index (χ4n) is 3.71. The normalized spacial score (nSPS) is 30.2. The molecule has 0 spiro atoms.